The van der Waals surface area contributed by atoms with Crippen molar-refractivity contribution in [3.63, 3.8) is 0 Å². The van der Waals surface area contributed by atoms with Crippen molar-refractivity contribution in [2.24, 2.45) is 5.84 Å². The number of methoxy groups -OCH3 is 1. The fourth-order valence-electron chi connectivity index (χ4n) is 1.44. The number of nitrogens with zero attached hydrogens (tertiary/aromatic N) is 1. The van der Waals surface area contributed by atoms with Gasteiger partial charge in [0.05, 0.1) is 19.3 Å². The van der Waals surface area contributed by atoms with Crippen LogP contribution in [0.4, 0.5) is 5.69 Å². The first-order valence-corrected chi connectivity index (χ1v) is 3.96. The van der Waals surface area contributed by atoms with Gasteiger partial charge in [-0.1, -0.05) is 0 Å². The fraction of sp³-hybridized carbons (Fsp3) is 0.222. The molecule has 1 aliphatic rings. The molecule has 0 saturated heterocycles. The van der Waals surface area contributed by atoms with E-state index in [1.165, 1.54) is 5.01 Å². The third-order valence-electron chi connectivity index (χ3n) is 2.13. The van der Waals surface area contributed by atoms with Gasteiger partial charge in [-0.25, -0.2) is 5.84 Å². The summed E-state index contributed by atoms with van der Waals surface area (Å²) in [5.41, 5.74) is 1.41. The van der Waals surface area contributed by atoms with Crippen LogP contribution in [-0.2, 0) is 0 Å². The van der Waals surface area contributed by atoms with Crippen LogP contribution in [0, 0.1) is 0 Å². The Morgan fingerprint density at radius 3 is 3.00 bits per heavy atom. The summed E-state index contributed by atoms with van der Waals surface area (Å²) in [5, 5.41) is 1.44. The molecule has 1 aromatic carbocycles. The number of fused-ring (bicyclic) bond motifs is 1. The average Bonchev–Trinajstić information content (AvgIpc) is 2.42. The van der Waals surface area contributed by atoms with Gasteiger partial charge < -0.3 is 9.75 Å². The van der Waals surface area contributed by atoms with Crippen molar-refractivity contribution in [3.05, 3.63) is 23.8 Å². The molecule has 1 aromatic rings. The second-order valence-electron chi connectivity index (χ2n) is 2.93. The Hall–Kier alpha value is -1.55. The summed E-state index contributed by atoms with van der Waals surface area (Å²) < 4.78 is 5.01. The molecule has 0 bridgehead atoms. The molecule has 1 heterocycles. The summed E-state index contributed by atoms with van der Waals surface area (Å²) in [4.78, 5) is 11.4. The van der Waals surface area contributed by atoms with Crippen molar-refractivity contribution in [1.82, 2.24) is 0 Å². The lowest BCUT2D eigenvalue weighted by molar-refractivity contribution is 0.101. The van der Waals surface area contributed by atoms with Crippen LogP contribution in [0.15, 0.2) is 18.2 Å². The lowest BCUT2D eigenvalue weighted by Gasteiger charge is -2.09. The minimum atomic E-state index is 0.0383. The van der Waals surface area contributed by atoms with E-state index in [1.807, 2.05) is 0 Å². The van der Waals surface area contributed by atoms with E-state index in [2.05, 4.69) is 0 Å². The smallest absolute Gasteiger partial charge is 0.185 e. The third kappa shape index (κ3) is 1.15. The van der Waals surface area contributed by atoms with Gasteiger partial charge in [-0.05, 0) is 18.2 Å². The van der Waals surface area contributed by atoms with Crippen LogP contribution in [-0.4, -0.2) is 19.4 Å². The second-order valence-corrected chi connectivity index (χ2v) is 2.93. The molecule has 4 nitrogen and oxygen atoms in total. The lowest BCUT2D eigenvalue weighted by Crippen LogP contribution is -2.29. The molecule has 0 amide bonds. The molecule has 2 rings (SSSR count). The number of rotatable bonds is 1. The highest BCUT2D eigenvalue weighted by Crippen LogP contribution is 2.28. The average molecular weight is 178 g/mol. The minimum absolute atomic E-state index is 0.0383. The fourth-order valence-corrected chi connectivity index (χ4v) is 1.44. The number of nitrogens with two attached hydrogens (primary N) is 1. The van der Waals surface area contributed by atoms with Crippen molar-refractivity contribution in [2.45, 2.75) is 0 Å². The third-order valence-corrected chi connectivity index (χ3v) is 2.13. The van der Waals surface area contributed by atoms with E-state index in [-0.39, 0.29) is 12.3 Å². The zero-order valence-electron chi connectivity index (χ0n) is 7.28. The highest BCUT2D eigenvalue weighted by atomic mass is 16.5. The number of hydrogen-bond acceptors (Lipinski definition) is 4. The number of ether oxygens (including phenoxy) is 1. The Balaban J connectivity index is 2.52. The van der Waals surface area contributed by atoms with Crippen LogP contribution < -0.4 is 15.6 Å². The van der Waals surface area contributed by atoms with E-state index in [0.717, 1.165) is 5.69 Å². The van der Waals surface area contributed by atoms with Gasteiger partial charge in [-0.3, -0.25) is 4.79 Å². The summed E-state index contributed by atoms with van der Waals surface area (Å²) in [5.74, 6) is 6.32. The molecule has 13 heavy (non-hydrogen) atoms. The maximum Gasteiger partial charge on any atom is 0.185 e. The zero-order chi connectivity index (χ0) is 9.42. The van der Waals surface area contributed by atoms with Crippen LogP contribution >= 0.6 is 0 Å². The molecular formula is C9H10N2O2. The topological polar surface area (TPSA) is 55.6 Å². The Labute approximate surface area is 75.9 Å². The Morgan fingerprint density at radius 2 is 2.31 bits per heavy atom. The number of hydrazine groups is 1. The number of carbonyl (C=O) groups is 1. The van der Waals surface area contributed by atoms with Gasteiger partial charge >= 0.3 is 0 Å². The van der Waals surface area contributed by atoms with Crippen molar-refractivity contribution < 1.29 is 9.53 Å². The highest BCUT2D eigenvalue weighted by molar-refractivity contribution is 6.08. The zero-order valence-corrected chi connectivity index (χ0v) is 7.28. The summed E-state index contributed by atoms with van der Waals surface area (Å²) >= 11 is 0. The number of ketones is 1. The summed E-state index contributed by atoms with van der Waals surface area (Å²) in [6.45, 7) is 0.252. The Morgan fingerprint density at radius 1 is 1.54 bits per heavy atom. The van der Waals surface area contributed by atoms with Gasteiger partial charge in [0, 0.05) is 5.56 Å². The van der Waals surface area contributed by atoms with Crippen molar-refractivity contribution in [2.75, 3.05) is 18.7 Å². The molecule has 0 saturated carbocycles. The first-order chi connectivity index (χ1) is 6.22. The summed E-state index contributed by atoms with van der Waals surface area (Å²) in [7, 11) is 1.57. The van der Waals surface area contributed by atoms with Crippen LogP contribution in [0.1, 0.15) is 10.4 Å². The van der Waals surface area contributed by atoms with Gasteiger partial charge in [0.25, 0.3) is 0 Å². The van der Waals surface area contributed by atoms with E-state index in [1.54, 1.807) is 25.3 Å². The quantitative estimate of drug-likeness (QED) is 0.639. The maximum atomic E-state index is 11.4. The van der Waals surface area contributed by atoms with Crippen molar-refractivity contribution >= 4 is 11.5 Å². The number of hydrogen-bond donors (Lipinski definition) is 1. The van der Waals surface area contributed by atoms with E-state index < -0.39 is 0 Å². The van der Waals surface area contributed by atoms with Gasteiger partial charge in [0.15, 0.2) is 5.78 Å². The van der Waals surface area contributed by atoms with Gasteiger partial charge in [-0.2, -0.15) is 0 Å². The van der Waals surface area contributed by atoms with Crippen LogP contribution in [0.5, 0.6) is 5.75 Å². The van der Waals surface area contributed by atoms with E-state index in [9.17, 15) is 4.79 Å². The molecule has 0 aromatic heterocycles. The monoisotopic (exact) mass is 178 g/mol. The molecular weight excluding hydrogens is 168 g/mol. The molecule has 4 heteroatoms. The van der Waals surface area contributed by atoms with Gasteiger partial charge in [0.2, 0.25) is 0 Å². The summed E-state index contributed by atoms with van der Waals surface area (Å²) in [6.07, 6.45) is 0. The van der Waals surface area contributed by atoms with Crippen LogP contribution in [0.2, 0.25) is 0 Å². The SMILES string of the molecule is COc1ccc2c(c1)C(=O)CN2N. The molecule has 68 valence electrons. The molecule has 0 atom stereocenters. The number of carbonyl (C=O) groups excluding carboxylic acids is 1. The molecule has 2 N–H and O–H groups in total. The number of benzene rings is 1. The molecule has 0 unspecified atom stereocenters. The lowest BCUT2D eigenvalue weighted by atomic mass is 10.1. The first-order valence-electron chi connectivity index (χ1n) is 3.96. The maximum absolute atomic E-state index is 11.4. The normalized spacial score (nSPS) is 14.6. The van der Waals surface area contributed by atoms with Crippen LogP contribution in [0.25, 0.3) is 0 Å². The summed E-state index contributed by atoms with van der Waals surface area (Å²) in [6, 6.07) is 5.29. The highest BCUT2D eigenvalue weighted by Gasteiger charge is 2.24. The second kappa shape index (κ2) is 2.74. The number of anilines is 1. The van der Waals surface area contributed by atoms with E-state index >= 15 is 0 Å². The predicted octanol–water partition coefficient (Wildman–Crippen LogP) is 0.572. The molecule has 1 aliphatic heterocycles. The molecule has 0 radical (unpaired) electrons. The molecule has 0 spiro atoms. The molecule has 0 aliphatic carbocycles. The minimum Gasteiger partial charge on any atom is -0.497 e. The number of Topliss-reactive ketones (excluding diaryl/α,β-unsaturated/α-hetero) is 1. The van der Waals surface area contributed by atoms with Crippen molar-refractivity contribution in [3.8, 4) is 5.75 Å². The van der Waals surface area contributed by atoms with Crippen LogP contribution in [0.3, 0.4) is 0 Å². The molecule has 0 fully saturated rings. The van der Waals surface area contributed by atoms with E-state index in [4.69, 9.17) is 10.6 Å². The van der Waals surface area contributed by atoms with Gasteiger partial charge in [0.1, 0.15) is 5.75 Å². The standard InChI is InChI=1S/C9H10N2O2/c1-13-6-2-3-8-7(4-6)9(12)5-11(8)10/h2-4H,5,10H2,1H3. The predicted molar refractivity (Wildman–Crippen MR) is 48.9 cm³/mol. The van der Waals surface area contributed by atoms with Crippen molar-refractivity contribution in [1.29, 1.82) is 0 Å². The van der Waals surface area contributed by atoms with Gasteiger partial charge in [-0.15, -0.1) is 0 Å². The first kappa shape index (κ1) is 8.07. The Bertz CT molecular complexity index is 363. The Kier molecular flexibility index (Phi) is 1.70. The largest absolute Gasteiger partial charge is 0.497 e. The van der Waals surface area contributed by atoms with E-state index in [0.29, 0.717) is 11.3 Å².